The van der Waals surface area contributed by atoms with Gasteiger partial charge in [0, 0.05) is 18.8 Å². The van der Waals surface area contributed by atoms with Gasteiger partial charge in [0.15, 0.2) is 0 Å². The highest BCUT2D eigenvalue weighted by molar-refractivity contribution is 5.84. The van der Waals surface area contributed by atoms with Crippen molar-refractivity contribution in [2.75, 3.05) is 6.54 Å². The summed E-state index contributed by atoms with van der Waals surface area (Å²) in [4.78, 5) is 15.6. The van der Waals surface area contributed by atoms with Gasteiger partial charge in [-0.2, -0.15) is 10.2 Å². The Morgan fingerprint density at radius 1 is 1.22 bits per heavy atom. The highest BCUT2D eigenvalue weighted by Crippen LogP contribution is 2.59. The maximum absolute atomic E-state index is 14.5. The maximum atomic E-state index is 14.5. The molecule has 1 heterocycles. The first-order chi connectivity index (χ1) is 15.0. The molecule has 1 aromatic carbocycles. The molecular weight excluding hydrogens is 408 g/mol. The van der Waals surface area contributed by atoms with Gasteiger partial charge in [0.2, 0.25) is 5.91 Å². The van der Waals surface area contributed by atoms with Crippen LogP contribution in [0, 0.1) is 28.4 Å². The highest BCUT2D eigenvalue weighted by Gasteiger charge is 2.57. The van der Waals surface area contributed by atoms with E-state index in [-0.39, 0.29) is 29.1 Å². The Balaban J connectivity index is 1.95. The predicted octanol–water partition coefficient (Wildman–Crippen LogP) is 6.91. The third-order valence-corrected chi connectivity index (χ3v) is 7.75. The van der Waals surface area contributed by atoms with Gasteiger partial charge >= 0.3 is 0 Å². The number of likely N-dealkylation sites (tertiary alicyclic amines) is 1. The molecule has 1 aliphatic carbocycles. The van der Waals surface area contributed by atoms with E-state index in [0.717, 1.165) is 32.2 Å². The molecule has 3 rings (SSSR count). The van der Waals surface area contributed by atoms with Crippen molar-refractivity contribution >= 4 is 11.6 Å². The zero-order valence-electron chi connectivity index (χ0n) is 19.5. The number of carbonyl (C=O) groups excluding carboxylic acids is 1. The molecule has 2 fully saturated rings. The van der Waals surface area contributed by atoms with Crippen molar-refractivity contribution in [2.24, 2.45) is 27.0 Å². The summed E-state index contributed by atoms with van der Waals surface area (Å²) in [6, 6.07) is 3.93. The molecule has 6 heteroatoms. The smallest absolute Gasteiger partial charge is 0.229 e. The monoisotopic (exact) mass is 441 g/mol. The second-order valence-electron chi connectivity index (χ2n) is 9.73. The van der Waals surface area contributed by atoms with Gasteiger partial charge in [0.1, 0.15) is 11.6 Å². The lowest BCUT2D eigenvalue weighted by Gasteiger charge is -2.43. The lowest BCUT2D eigenvalue weighted by Crippen LogP contribution is -2.50. The van der Waals surface area contributed by atoms with Crippen molar-refractivity contribution < 1.29 is 13.6 Å². The molecule has 0 bridgehead atoms. The minimum atomic E-state index is -0.721. The molecule has 0 N–H and O–H groups in total. The van der Waals surface area contributed by atoms with Gasteiger partial charge in [-0.15, -0.1) is 0 Å². The lowest BCUT2D eigenvalue weighted by atomic mass is 9.63. The normalized spacial score (nSPS) is 27.8. The summed E-state index contributed by atoms with van der Waals surface area (Å²) in [6.45, 7) is 16.9. The molecule has 1 aromatic rings. The van der Waals surface area contributed by atoms with Crippen LogP contribution in [-0.2, 0) is 4.79 Å². The first kappa shape index (κ1) is 24.0. The van der Waals surface area contributed by atoms with Crippen molar-refractivity contribution in [3.05, 3.63) is 66.4 Å². The van der Waals surface area contributed by atoms with Gasteiger partial charge < -0.3 is 4.90 Å². The molecule has 0 radical (unpaired) electrons. The number of rotatable bonds is 6. The molecule has 1 aliphatic heterocycles. The summed E-state index contributed by atoms with van der Waals surface area (Å²) in [5, 5.41) is 7.74. The summed E-state index contributed by atoms with van der Waals surface area (Å²) in [5.74, 6) is -1.29. The van der Waals surface area contributed by atoms with Crippen LogP contribution >= 0.6 is 0 Å². The minimum Gasteiger partial charge on any atom is -0.340 e. The highest BCUT2D eigenvalue weighted by atomic mass is 19.1. The van der Waals surface area contributed by atoms with Crippen LogP contribution in [0.25, 0.3) is 5.70 Å². The van der Waals surface area contributed by atoms with E-state index < -0.39 is 22.5 Å². The molecule has 172 valence electrons. The second kappa shape index (κ2) is 9.08. The van der Waals surface area contributed by atoms with E-state index in [1.54, 1.807) is 6.08 Å². The number of nitrogens with zero attached hydrogens (tertiary/aromatic N) is 3. The molecule has 0 spiro atoms. The Hall–Kier alpha value is -2.63. The summed E-state index contributed by atoms with van der Waals surface area (Å²) >= 11 is 0. The van der Waals surface area contributed by atoms with E-state index in [4.69, 9.17) is 0 Å². The predicted molar refractivity (Wildman–Crippen MR) is 124 cm³/mol. The second-order valence-corrected chi connectivity index (χ2v) is 9.73. The number of azo groups is 1. The zero-order chi connectivity index (χ0) is 23.7. The number of carbonyl (C=O) groups is 1. The average molecular weight is 442 g/mol. The number of hydrogen-bond donors (Lipinski definition) is 0. The number of allylic oxidation sites excluding steroid dienone is 2. The largest absolute Gasteiger partial charge is 0.340 e. The lowest BCUT2D eigenvalue weighted by molar-refractivity contribution is -0.147. The fourth-order valence-corrected chi connectivity index (χ4v) is 5.36. The van der Waals surface area contributed by atoms with Crippen molar-refractivity contribution in [3.63, 3.8) is 0 Å². The Kier molecular flexibility index (Phi) is 6.82. The molecule has 3 atom stereocenters. The van der Waals surface area contributed by atoms with Crippen molar-refractivity contribution in [1.82, 2.24) is 4.90 Å². The van der Waals surface area contributed by atoms with Crippen molar-refractivity contribution in [2.45, 2.75) is 59.4 Å². The quantitative estimate of drug-likeness (QED) is 0.349. The van der Waals surface area contributed by atoms with E-state index in [9.17, 15) is 13.6 Å². The molecule has 4 nitrogen and oxygen atoms in total. The van der Waals surface area contributed by atoms with Gasteiger partial charge in [0.05, 0.1) is 16.7 Å². The summed E-state index contributed by atoms with van der Waals surface area (Å²) in [7, 11) is 0. The topological polar surface area (TPSA) is 45.0 Å². The van der Waals surface area contributed by atoms with Crippen LogP contribution in [0.5, 0.6) is 0 Å². The fraction of sp³-hybridized carbons (Fsp3) is 0.500. The third-order valence-electron chi connectivity index (χ3n) is 7.75. The van der Waals surface area contributed by atoms with Crippen molar-refractivity contribution in [1.29, 1.82) is 0 Å². The van der Waals surface area contributed by atoms with Crippen LogP contribution in [0.3, 0.4) is 0 Å². The van der Waals surface area contributed by atoms with Crippen LogP contribution in [0.1, 0.15) is 58.9 Å². The molecule has 1 unspecified atom stereocenters. The first-order valence-corrected chi connectivity index (χ1v) is 11.2. The van der Waals surface area contributed by atoms with Gasteiger partial charge in [-0.25, -0.2) is 8.78 Å². The average Bonchev–Trinajstić information content (AvgIpc) is 3.26. The maximum Gasteiger partial charge on any atom is 0.229 e. The molecule has 32 heavy (non-hydrogen) atoms. The van der Waals surface area contributed by atoms with Crippen LogP contribution in [0.2, 0.25) is 0 Å². The minimum absolute atomic E-state index is 0.0434. The molecule has 2 aliphatic rings. The van der Waals surface area contributed by atoms with Gasteiger partial charge in [-0.05, 0) is 67.7 Å². The number of hydrogen-bond acceptors (Lipinski definition) is 3. The Labute approximate surface area is 189 Å². The van der Waals surface area contributed by atoms with Gasteiger partial charge in [-0.1, -0.05) is 40.0 Å². The summed E-state index contributed by atoms with van der Waals surface area (Å²) in [6.07, 6.45) is 6.37. The molecule has 1 amide bonds. The van der Waals surface area contributed by atoms with E-state index in [0.29, 0.717) is 5.57 Å². The Morgan fingerprint density at radius 2 is 1.88 bits per heavy atom. The fourth-order valence-electron chi connectivity index (χ4n) is 5.36. The summed E-state index contributed by atoms with van der Waals surface area (Å²) in [5.41, 5.74) is -0.455. The molecular formula is C26H33F2N3O. The van der Waals surface area contributed by atoms with Crippen LogP contribution in [0.15, 0.2) is 59.4 Å². The number of halogens is 2. The SMILES string of the molecule is C=CN=N/C(=C\C(=C)C1CC[C@](C)(C(=O)N2CCC[C@@H]2C)C1(C)C)c1c(F)cccc1F. The zero-order valence-corrected chi connectivity index (χ0v) is 19.5. The van der Waals surface area contributed by atoms with Gasteiger partial charge in [0.25, 0.3) is 0 Å². The molecule has 1 saturated carbocycles. The number of benzene rings is 1. The van der Waals surface area contributed by atoms with E-state index in [2.05, 4.69) is 44.2 Å². The number of amides is 1. The van der Waals surface area contributed by atoms with Crippen LogP contribution in [-0.4, -0.2) is 23.4 Å². The third kappa shape index (κ3) is 4.07. The Bertz CT molecular complexity index is 961. The van der Waals surface area contributed by atoms with E-state index >= 15 is 0 Å². The summed E-state index contributed by atoms with van der Waals surface area (Å²) < 4.78 is 28.9. The standard InChI is InChI=1S/C26H33F2N3O/c1-7-29-30-22(23-20(27)11-8-12-21(23)28)16-17(2)19-13-14-26(6,25(19,4)5)24(32)31-15-9-10-18(31)3/h7-8,11-12,16,18-19H,1-2,9-10,13-15H2,3-6H3/b22-16-,30-29?/t18-,19?,26+/m0/s1. The molecule has 0 aromatic heterocycles. The van der Waals surface area contributed by atoms with Crippen LogP contribution in [0.4, 0.5) is 8.78 Å². The molecule has 1 saturated heterocycles. The Morgan fingerprint density at radius 3 is 2.44 bits per heavy atom. The van der Waals surface area contributed by atoms with Crippen LogP contribution < -0.4 is 0 Å². The van der Waals surface area contributed by atoms with E-state index in [1.807, 2.05) is 11.8 Å². The van der Waals surface area contributed by atoms with E-state index in [1.165, 1.54) is 24.4 Å². The first-order valence-electron chi connectivity index (χ1n) is 11.2. The van der Waals surface area contributed by atoms with Crippen molar-refractivity contribution in [3.8, 4) is 0 Å². The van der Waals surface area contributed by atoms with Gasteiger partial charge in [-0.3, -0.25) is 4.79 Å².